The fourth-order valence-electron chi connectivity index (χ4n) is 2.23. The lowest BCUT2D eigenvalue weighted by Gasteiger charge is -2.26. The molecule has 1 aliphatic heterocycles. The van der Waals surface area contributed by atoms with Gasteiger partial charge in [-0.05, 0) is 19.4 Å². The molecule has 1 heterocycles. The molecule has 0 aromatic carbocycles. The third kappa shape index (κ3) is 3.18. The summed E-state index contributed by atoms with van der Waals surface area (Å²) < 4.78 is 15.7. The van der Waals surface area contributed by atoms with E-state index in [9.17, 15) is 9.59 Å². The predicted molar refractivity (Wildman–Crippen MR) is 69.1 cm³/mol. The molecule has 0 amide bonds. The van der Waals surface area contributed by atoms with Crippen LogP contribution in [0.1, 0.15) is 27.2 Å². The van der Waals surface area contributed by atoms with E-state index in [1.54, 1.807) is 0 Å². The number of hydrogen-bond acceptors (Lipinski definition) is 5. The van der Waals surface area contributed by atoms with Gasteiger partial charge in [0.1, 0.15) is 5.92 Å². The summed E-state index contributed by atoms with van der Waals surface area (Å²) in [6.45, 7) is 6.56. The second-order valence-corrected chi connectivity index (χ2v) is 5.94. The second-order valence-electron chi connectivity index (χ2n) is 4.46. The lowest BCUT2D eigenvalue weighted by molar-refractivity contribution is -0.182. The first-order valence-electron chi connectivity index (χ1n) is 6.55. The zero-order valence-corrected chi connectivity index (χ0v) is 13.5. The molecule has 0 aromatic heterocycles. The molecule has 0 aliphatic carbocycles. The van der Waals surface area contributed by atoms with E-state index in [1.165, 1.54) is 0 Å². The summed E-state index contributed by atoms with van der Waals surface area (Å²) in [5, 5.41) is 0. The van der Waals surface area contributed by atoms with E-state index < -0.39 is 30.1 Å². The Morgan fingerprint density at radius 3 is 2.06 bits per heavy atom. The van der Waals surface area contributed by atoms with Crippen molar-refractivity contribution in [2.45, 2.75) is 39.0 Å². The first-order chi connectivity index (χ1) is 8.56. The molecule has 5 nitrogen and oxygen atoms in total. The topological polar surface area (TPSA) is 61.8 Å². The van der Waals surface area contributed by atoms with Crippen LogP contribution in [0.15, 0.2) is 0 Å². The highest BCUT2D eigenvalue weighted by Gasteiger charge is 2.51. The van der Waals surface area contributed by atoms with Gasteiger partial charge in [0.05, 0.1) is 5.92 Å². The molecule has 0 aromatic rings. The summed E-state index contributed by atoms with van der Waals surface area (Å²) in [5.41, 5.74) is 0.206. The Morgan fingerprint density at radius 2 is 1.61 bits per heavy atom. The van der Waals surface area contributed by atoms with E-state index in [0.717, 1.165) is 16.7 Å². The normalized spacial score (nSPS) is 25.8. The highest BCUT2D eigenvalue weighted by molar-refractivity contribution is 6.15. The van der Waals surface area contributed by atoms with Crippen molar-refractivity contribution in [3.8, 4) is 0 Å². The quantitative estimate of drug-likeness (QED) is 0.288. The van der Waals surface area contributed by atoms with Crippen molar-refractivity contribution < 1.29 is 23.8 Å². The van der Waals surface area contributed by atoms with Crippen molar-refractivity contribution in [2.24, 2.45) is 11.8 Å². The fraction of sp³-hybridized carbons (Fsp3) is 0.833. The lowest BCUT2D eigenvalue weighted by Crippen LogP contribution is -2.37. The number of ether oxygens (including phenoxy) is 3. The predicted octanol–water partition coefficient (Wildman–Crippen LogP) is 0.265. The van der Waals surface area contributed by atoms with Crippen LogP contribution in [-0.2, 0) is 23.8 Å². The molecule has 1 fully saturated rings. The van der Waals surface area contributed by atoms with Crippen LogP contribution in [0.5, 0.6) is 0 Å². The van der Waals surface area contributed by atoms with Crippen molar-refractivity contribution in [3.63, 3.8) is 0 Å². The van der Waals surface area contributed by atoms with Crippen LogP contribution in [0, 0.1) is 11.8 Å². The molecule has 3 atom stereocenters. The van der Waals surface area contributed by atoms with Gasteiger partial charge in [-0.25, -0.2) is 0 Å². The average Bonchev–Trinajstić information content (AvgIpc) is 2.63. The molecule has 1 saturated heterocycles. The molecule has 104 valence electrons. The first-order valence-corrected chi connectivity index (χ1v) is 7.70. The first kappa shape index (κ1) is 15.3. The molecule has 0 bridgehead atoms. The van der Waals surface area contributed by atoms with E-state index in [-0.39, 0.29) is 5.54 Å². The van der Waals surface area contributed by atoms with Gasteiger partial charge in [-0.3, -0.25) is 9.59 Å². The fourth-order valence-corrected chi connectivity index (χ4v) is 2.92. The molecular formula is C12H22O5Si. The molecule has 0 N–H and O–H groups in total. The number of hydrogen-bond donors (Lipinski definition) is 0. The maximum atomic E-state index is 11.8. The Labute approximate surface area is 111 Å². The third-order valence-electron chi connectivity index (χ3n) is 3.34. The Morgan fingerprint density at radius 1 is 1.11 bits per heavy atom. The summed E-state index contributed by atoms with van der Waals surface area (Å²) in [5.74, 6) is -1.94. The summed E-state index contributed by atoms with van der Waals surface area (Å²) in [6.07, 6.45) is 0.188. The molecule has 1 rings (SSSR count). The van der Waals surface area contributed by atoms with Crippen LogP contribution in [0.3, 0.4) is 0 Å². The van der Waals surface area contributed by atoms with Crippen LogP contribution < -0.4 is 0 Å². The largest absolute Gasteiger partial charge is 0.393 e. The highest BCUT2D eigenvalue weighted by atomic mass is 28.1. The van der Waals surface area contributed by atoms with E-state index in [2.05, 4.69) is 0 Å². The van der Waals surface area contributed by atoms with E-state index in [4.69, 9.17) is 14.2 Å². The van der Waals surface area contributed by atoms with Crippen molar-refractivity contribution >= 4 is 22.2 Å². The van der Waals surface area contributed by atoms with Gasteiger partial charge in [0.25, 0.3) is 0 Å². The standard InChI is InChI=1S/C12H22O5Si/c1-4-7(18)8-9(11(14)17-10(8)13)12(15-5-2)16-6-3/h7-9,12H,4-6H2,1-3,18H3. The maximum absolute atomic E-state index is 11.8. The van der Waals surface area contributed by atoms with Gasteiger partial charge in [-0.1, -0.05) is 13.3 Å². The SMILES string of the molecule is CCOC(OCC)C1C(=O)OC(=O)C1C([SiH3])CC. The lowest BCUT2D eigenvalue weighted by atomic mass is 9.89. The Kier molecular flexibility index (Phi) is 5.97. The third-order valence-corrected chi connectivity index (χ3v) is 4.88. The molecule has 0 radical (unpaired) electrons. The monoisotopic (exact) mass is 274 g/mol. The maximum Gasteiger partial charge on any atom is 0.322 e. The van der Waals surface area contributed by atoms with Gasteiger partial charge < -0.3 is 14.2 Å². The zero-order valence-electron chi connectivity index (χ0n) is 11.5. The number of esters is 2. The molecule has 3 unspecified atom stereocenters. The van der Waals surface area contributed by atoms with Crippen molar-refractivity contribution in [2.75, 3.05) is 13.2 Å². The molecular weight excluding hydrogens is 252 g/mol. The van der Waals surface area contributed by atoms with E-state index in [0.29, 0.717) is 13.2 Å². The van der Waals surface area contributed by atoms with E-state index >= 15 is 0 Å². The summed E-state index contributed by atoms with van der Waals surface area (Å²) in [7, 11) is 0.840. The Hall–Kier alpha value is -0.723. The number of carbonyl (C=O) groups excluding carboxylic acids is 2. The van der Waals surface area contributed by atoms with E-state index in [1.807, 2.05) is 20.8 Å². The number of rotatable bonds is 7. The van der Waals surface area contributed by atoms with Crippen LogP contribution in [0.25, 0.3) is 0 Å². The molecule has 0 saturated carbocycles. The minimum Gasteiger partial charge on any atom is -0.393 e. The van der Waals surface area contributed by atoms with Gasteiger partial charge in [0, 0.05) is 23.5 Å². The van der Waals surface area contributed by atoms with Crippen LogP contribution >= 0.6 is 0 Å². The van der Waals surface area contributed by atoms with Crippen molar-refractivity contribution in [3.05, 3.63) is 0 Å². The Bertz CT molecular complexity index is 301. The van der Waals surface area contributed by atoms with Gasteiger partial charge in [-0.2, -0.15) is 0 Å². The summed E-state index contributed by atoms with van der Waals surface area (Å²) >= 11 is 0. The van der Waals surface area contributed by atoms with Crippen LogP contribution in [0.2, 0.25) is 5.54 Å². The van der Waals surface area contributed by atoms with Gasteiger partial charge in [-0.15, -0.1) is 0 Å². The number of carbonyl (C=O) groups is 2. The van der Waals surface area contributed by atoms with Gasteiger partial charge in [0.15, 0.2) is 6.29 Å². The minimum atomic E-state index is -0.674. The van der Waals surface area contributed by atoms with Crippen LogP contribution in [0.4, 0.5) is 0 Å². The van der Waals surface area contributed by atoms with Crippen molar-refractivity contribution in [1.82, 2.24) is 0 Å². The molecule has 1 aliphatic rings. The van der Waals surface area contributed by atoms with Gasteiger partial charge in [0.2, 0.25) is 0 Å². The Balaban J connectivity index is 2.91. The summed E-state index contributed by atoms with van der Waals surface area (Å²) in [6, 6.07) is 0. The van der Waals surface area contributed by atoms with Crippen LogP contribution in [-0.4, -0.2) is 41.7 Å². The smallest absolute Gasteiger partial charge is 0.322 e. The molecule has 0 spiro atoms. The molecule has 6 heteroatoms. The zero-order chi connectivity index (χ0) is 13.7. The number of cyclic esters (lactones) is 2. The van der Waals surface area contributed by atoms with Crippen molar-refractivity contribution in [1.29, 1.82) is 0 Å². The highest BCUT2D eigenvalue weighted by Crippen LogP contribution is 2.37. The minimum absolute atomic E-state index is 0.206. The second kappa shape index (κ2) is 7.01. The molecule has 18 heavy (non-hydrogen) atoms. The van der Waals surface area contributed by atoms with Gasteiger partial charge >= 0.3 is 11.9 Å². The average molecular weight is 274 g/mol. The summed E-state index contributed by atoms with van der Waals surface area (Å²) in [4.78, 5) is 23.6.